The lowest BCUT2D eigenvalue weighted by Gasteiger charge is -2.48. The zero-order valence-electron chi connectivity index (χ0n) is 31.4. The molecule has 1 aliphatic rings. The molecular formula is C44H55NO5SSi. The van der Waals surface area contributed by atoms with Gasteiger partial charge in [0.15, 0.2) is 0 Å². The van der Waals surface area contributed by atoms with Crippen molar-refractivity contribution in [2.75, 3.05) is 0 Å². The molecular weight excluding hydrogens is 683 g/mol. The van der Waals surface area contributed by atoms with Crippen molar-refractivity contribution in [3.63, 3.8) is 0 Å². The van der Waals surface area contributed by atoms with E-state index in [1.807, 2.05) is 101 Å². The number of aromatic nitrogens is 1. The van der Waals surface area contributed by atoms with Gasteiger partial charge in [0.2, 0.25) is 0 Å². The van der Waals surface area contributed by atoms with Gasteiger partial charge in [0, 0.05) is 23.1 Å². The smallest absolute Gasteiger partial charge is 0.309 e. The summed E-state index contributed by atoms with van der Waals surface area (Å²) in [4.78, 5) is 18.3. The fourth-order valence-corrected chi connectivity index (χ4v) is 12.4. The zero-order chi connectivity index (χ0) is 37.3. The maximum atomic E-state index is 13.8. The van der Waals surface area contributed by atoms with E-state index in [2.05, 4.69) is 60.5 Å². The van der Waals surface area contributed by atoms with Crippen molar-refractivity contribution in [3.05, 3.63) is 125 Å². The summed E-state index contributed by atoms with van der Waals surface area (Å²) in [5.74, 6) is -0.881. The third-order valence-corrected chi connectivity index (χ3v) is 15.6. The summed E-state index contributed by atoms with van der Waals surface area (Å²) in [6.07, 6.45) is 6.12. The quantitative estimate of drug-likeness (QED) is 0.0893. The van der Waals surface area contributed by atoms with Gasteiger partial charge in [0.05, 0.1) is 35.4 Å². The van der Waals surface area contributed by atoms with Crippen LogP contribution in [0.2, 0.25) is 0 Å². The Balaban J connectivity index is 1.59. The maximum absolute atomic E-state index is 13.8. The van der Waals surface area contributed by atoms with E-state index in [0.717, 1.165) is 51.1 Å². The van der Waals surface area contributed by atoms with Crippen molar-refractivity contribution in [2.45, 2.75) is 98.1 Å². The minimum atomic E-state index is -3.28. The number of hydrogen-bond acceptors (Lipinski definition) is 7. The van der Waals surface area contributed by atoms with Crippen molar-refractivity contribution >= 4 is 47.3 Å². The Labute approximate surface area is 315 Å². The van der Waals surface area contributed by atoms with Crippen LogP contribution in [0.5, 0.6) is 0 Å². The fraction of sp³-hybridized carbons (Fsp3) is 0.409. The van der Waals surface area contributed by atoms with Crippen LogP contribution in [-0.2, 0) is 14.0 Å². The van der Waals surface area contributed by atoms with Gasteiger partial charge >= 0.3 is 5.97 Å². The van der Waals surface area contributed by atoms with E-state index in [-0.39, 0.29) is 18.3 Å². The summed E-state index contributed by atoms with van der Waals surface area (Å²) >= 11 is 1.58. The van der Waals surface area contributed by atoms with Crippen molar-refractivity contribution in [1.29, 1.82) is 0 Å². The summed E-state index contributed by atoms with van der Waals surface area (Å²) < 4.78 is 13.9. The average molecular weight is 738 g/mol. The zero-order valence-corrected chi connectivity index (χ0v) is 33.3. The van der Waals surface area contributed by atoms with Crippen LogP contribution in [0.15, 0.2) is 114 Å². The highest BCUT2D eigenvalue weighted by molar-refractivity contribution is 7.09. The SMILES string of the molecule is C/C(=C/c1csc(C)n1)[C@@H]1C/C=C/CCC[C@H](C)[C@H](O)[C@@H](C)C(O[Si](c2ccccc2)(c2ccccc2)c2ccccc2)C(C)(C)[C@@H](O)CC(=O)O1. The van der Waals surface area contributed by atoms with Crippen LogP contribution in [0, 0.1) is 24.2 Å². The van der Waals surface area contributed by atoms with E-state index in [1.54, 1.807) is 11.3 Å². The van der Waals surface area contributed by atoms with E-state index in [1.165, 1.54) is 0 Å². The minimum Gasteiger partial charge on any atom is -0.457 e. The molecule has 3 aromatic carbocycles. The topological polar surface area (TPSA) is 88.9 Å². The molecule has 0 amide bonds. The van der Waals surface area contributed by atoms with E-state index in [4.69, 9.17) is 9.16 Å². The molecule has 0 radical (unpaired) electrons. The van der Waals surface area contributed by atoms with E-state index < -0.39 is 44.1 Å². The molecule has 6 nitrogen and oxygen atoms in total. The average Bonchev–Trinajstić information content (AvgIpc) is 3.56. The second-order valence-corrected chi connectivity index (χ2v) is 19.4. The summed E-state index contributed by atoms with van der Waals surface area (Å²) in [6, 6.07) is 31.0. The molecule has 0 aliphatic carbocycles. The summed E-state index contributed by atoms with van der Waals surface area (Å²) in [6.45, 7) is 12.0. The van der Waals surface area contributed by atoms with E-state index in [0.29, 0.717) is 6.42 Å². The number of ether oxygens (including phenoxy) is 1. The Morgan fingerprint density at radius 3 is 2.00 bits per heavy atom. The highest BCUT2D eigenvalue weighted by atomic mass is 32.1. The molecule has 0 saturated carbocycles. The van der Waals surface area contributed by atoms with Crippen LogP contribution in [0.3, 0.4) is 0 Å². The molecule has 0 saturated heterocycles. The van der Waals surface area contributed by atoms with Gasteiger partial charge in [0.25, 0.3) is 8.32 Å². The number of thiazole rings is 1. The number of cyclic esters (lactones) is 1. The fourth-order valence-electron chi connectivity index (χ4n) is 7.53. The number of nitrogens with zero attached hydrogens (tertiary/aromatic N) is 1. The molecule has 1 aromatic heterocycles. The molecule has 52 heavy (non-hydrogen) atoms. The van der Waals surface area contributed by atoms with Gasteiger partial charge in [0.1, 0.15) is 6.10 Å². The van der Waals surface area contributed by atoms with Crippen molar-refractivity contribution < 1.29 is 24.2 Å². The number of hydrogen-bond donors (Lipinski definition) is 2. The first-order valence-corrected chi connectivity index (χ1v) is 21.4. The summed E-state index contributed by atoms with van der Waals surface area (Å²) in [5.41, 5.74) is 0.762. The highest BCUT2D eigenvalue weighted by Crippen LogP contribution is 2.39. The number of benzene rings is 3. The van der Waals surface area contributed by atoms with Crippen LogP contribution >= 0.6 is 11.3 Å². The molecule has 4 aromatic rings. The second kappa shape index (κ2) is 17.9. The Hall–Kier alpha value is -3.66. The number of carbonyl (C=O) groups excluding carboxylic acids is 1. The molecule has 276 valence electrons. The number of aliphatic hydroxyl groups is 2. The van der Waals surface area contributed by atoms with Gasteiger partial charge in [-0.3, -0.25) is 4.79 Å². The Morgan fingerprint density at radius 2 is 1.48 bits per heavy atom. The van der Waals surface area contributed by atoms with Crippen molar-refractivity contribution in [3.8, 4) is 0 Å². The van der Waals surface area contributed by atoms with Gasteiger partial charge in [-0.2, -0.15) is 0 Å². The molecule has 8 heteroatoms. The Morgan fingerprint density at radius 1 is 0.923 bits per heavy atom. The lowest BCUT2D eigenvalue weighted by atomic mass is 9.71. The normalized spacial score (nSPS) is 26.0. The van der Waals surface area contributed by atoms with Gasteiger partial charge in [-0.15, -0.1) is 11.3 Å². The molecule has 1 aliphatic heterocycles. The minimum absolute atomic E-state index is 0.0129. The first-order valence-electron chi connectivity index (χ1n) is 18.6. The first kappa shape index (κ1) is 39.5. The lowest BCUT2D eigenvalue weighted by molar-refractivity contribution is -0.154. The largest absolute Gasteiger partial charge is 0.457 e. The van der Waals surface area contributed by atoms with Crippen LogP contribution < -0.4 is 15.6 Å². The van der Waals surface area contributed by atoms with Crippen molar-refractivity contribution in [1.82, 2.24) is 4.98 Å². The van der Waals surface area contributed by atoms with Gasteiger partial charge in [-0.05, 0) is 66.2 Å². The van der Waals surface area contributed by atoms with Gasteiger partial charge in [-0.1, -0.05) is 131 Å². The van der Waals surface area contributed by atoms with Crippen molar-refractivity contribution in [2.24, 2.45) is 17.3 Å². The van der Waals surface area contributed by atoms with Crippen LogP contribution in [0.1, 0.15) is 77.4 Å². The maximum Gasteiger partial charge on any atom is 0.309 e. The molecule has 1 unspecified atom stereocenters. The third kappa shape index (κ3) is 9.27. The van der Waals surface area contributed by atoms with E-state index >= 15 is 0 Å². The van der Waals surface area contributed by atoms with Gasteiger partial charge in [-0.25, -0.2) is 4.98 Å². The highest BCUT2D eigenvalue weighted by Gasteiger charge is 2.51. The molecule has 5 rings (SSSR count). The predicted octanol–water partition coefficient (Wildman–Crippen LogP) is 7.36. The number of aryl methyl sites for hydroxylation is 1. The van der Waals surface area contributed by atoms with Crippen LogP contribution in [0.4, 0.5) is 0 Å². The summed E-state index contributed by atoms with van der Waals surface area (Å²) in [7, 11) is -3.28. The first-order chi connectivity index (χ1) is 24.9. The third-order valence-electron chi connectivity index (χ3n) is 10.7. The number of rotatable bonds is 7. The molecule has 0 bridgehead atoms. The number of aliphatic hydroxyl groups excluding tert-OH is 2. The monoisotopic (exact) mass is 737 g/mol. The molecule has 0 spiro atoms. The molecule has 2 N–H and O–H groups in total. The van der Waals surface area contributed by atoms with Crippen LogP contribution in [-0.4, -0.2) is 53.9 Å². The Kier molecular flexibility index (Phi) is 13.6. The Bertz CT molecular complexity index is 1680. The lowest BCUT2D eigenvalue weighted by Crippen LogP contribution is -2.72. The predicted molar refractivity (Wildman–Crippen MR) is 216 cm³/mol. The van der Waals surface area contributed by atoms with Gasteiger partial charge < -0.3 is 19.4 Å². The number of carbonyl (C=O) groups is 1. The standard InChI is InChI=1S/C44H55NO5SSi/c1-31-20-12-7-8-19-27-39(32(2)28-35-30-51-34(4)45-35)49-41(47)29-40(46)44(5,6)43(33(3)42(31)48)50-52(36-21-13-9-14-22-36,37-23-15-10-16-24-37)38-25-17-11-18-26-38/h8-11,13-19,21-26,28,30-31,33,39-40,42-43,46,48H,7,12,20,27,29H2,1-6H3/b19-8+,32-28-/t31-,33+,39-,40-,42-,43?/m0/s1. The van der Waals surface area contributed by atoms with Crippen LogP contribution in [0.25, 0.3) is 6.08 Å². The molecule has 2 heterocycles. The summed E-state index contributed by atoms with van der Waals surface area (Å²) in [5, 5.41) is 30.4. The molecule has 6 atom stereocenters. The molecule has 0 fully saturated rings. The van der Waals surface area contributed by atoms with E-state index in [9.17, 15) is 15.0 Å². The number of esters is 1. The number of allylic oxidation sites excluding steroid dienone is 1. The second-order valence-electron chi connectivity index (χ2n) is 15.0.